The summed E-state index contributed by atoms with van der Waals surface area (Å²) in [6.45, 7) is 19.8. The van der Waals surface area contributed by atoms with Gasteiger partial charge in [-0.3, -0.25) is 28.8 Å². The van der Waals surface area contributed by atoms with E-state index in [-0.39, 0.29) is 48.3 Å². The van der Waals surface area contributed by atoms with Crippen LogP contribution in [0.3, 0.4) is 0 Å². The first-order valence-corrected chi connectivity index (χ1v) is 20.5. The number of carbonyl (C=O) groups is 6. The normalized spacial score (nSPS) is 16.3. The lowest BCUT2D eigenvalue weighted by Crippen LogP contribution is -2.57. The Morgan fingerprint density at radius 1 is 0.825 bits per heavy atom. The molecule has 0 aliphatic carbocycles. The van der Waals surface area contributed by atoms with Gasteiger partial charge in [-0.25, -0.2) is 0 Å². The van der Waals surface area contributed by atoms with E-state index in [2.05, 4.69) is 10.6 Å². The molecule has 1 rings (SSSR count). The van der Waals surface area contributed by atoms with Gasteiger partial charge in [-0.2, -0.15) is 0 Å². The molecule has 1 unspecified atom stereocenters. The average Bonchev–Trinajstić information content (AvgIpc) is 3.17. The minimum absolute atomic E-state index is 0.0318. The van der Waals surface area contributed by atoms with Crippen molar-refractivity contribution in [2.75, 3.05) is 27.7 Å². The minimum atomic E-state index is -1.08. The third-order valence-corrected chi connectivity index (χ3v) is 11.4. The third-order valence-electron chi connectivity index (χ3n) is 11.1. The lowest BCUT2D eigenvalue weighted by Gasteiger charge is -2.34. The van der Waals surface area contributed by atoms with Gasteiger partial charge in [0.1, 0.15) is 18.1 Å². The minimum Gasteiger partial charge on any atom is -0.388 e. The fourth-order valence-corrected chi connectivity index (χ4v) is 6.71. The summed E-state index contributed by atoms with van der Waals surface area (Å²) >= 11 is 6.11. The van der Waals surface area contributed by atoms with Crippen LogP contribution in [0, 0.1) is 23.7 Å². The van der Waals surface area contributed by atoms with Crippen LogP contribution in [-0.2, 0) is 35.2 Å². The monoisotopic (exact) mass is 815 g/mol. The Morgan fingerprint density at radius 2 is 1.40 bits per heavy atom. The first kappa shape index (κ1) is 51.0. The summed E-state index contributed by atoms with van der Waals surface area (Å²) in [6, 6.07) is 3.13. The predicted octanol–water partition coefficient (Wildman–Crippen LogP) is 5.60. The van der Waals surface area contributed by atoms with Gasteiger partial charge in [0.2, 0.25) is 29.5 Å². The van der Waals surface area contributed by atoms with Gasteiger partial charge in [-0.1, -0.05) is 83.8 Å². The average molecular weight is 817 g/mol. The summed E-state index contributed by atoms with van der Waals surface area (Å²) in [7, 11) is 4.51. The largest absolute Gasteiger partial charge is 0.388 e. The Bertz CT molecular complexity index is 1590. The highest BCUT2D eigenvalue weighted by atomic mass is 35.5. The number of hydrogen-bond donors (Lipinski definition) is 3. The molecule has 1 aromatic rings. The lowest BCUT2D eigenvalue weighted by atomic mass is 9.85. The molecule has 57 heavy (non-hydrogen) atoms. The molecule has 0 heterocycles. The molecule has 8 atom stereocenters. The van der Waals surface area contributed by atoms with E-state index in [0.29, 0.717) is 35.4 Å². The molecule has 13 heteroatoms. The predicted molar refractivity (Wildman–Crippen MR) is 227 cm³/mol. The highest BCUT2D eigenvalue weighted by molar-refractivity contribution is 6.30. The van der Waals surface area contributed by atoms with Crippen LogP contribution in [0.2, 0.25) is 5.02 Å². The van der Waals surface area contributed by atoms with Gasteiger partial charge in [0, 0.05) is 38.2 Å². The first-order chi connectivity index (χ1) is 26.5. The summed E-state index contributed by atoms with van der Waals surface area (Å²) in [5.41, 5.74) is 2.08. The van der Waals surface area contributed by atoms with Crippen molar-refractivity contribution in [2.45, 2.75) is 132 Å². The third kappa shape index (κ3) is 15.7. The van der Waals surface area contributed by atoms with Crippen molar-refractivity contribution < 1.29 is 33.9 Å². The van der Waals surface area contributed by atoms with Crippen molar-refractivity contribution in [3.8, 4) is 0 Å². The van der Waals surface area contributed by atoms with Crippen LogP contribution >= 0.6 is 11.6 Å². The molecule has 1 aromatic carbocycles. The van der Waals surface area contributed by atoms with Crippen LogP contribution in [0.4, 0.5) is 0 Å². The SMILES string of the molecule is C/C=C(\C)[C@@H](O)[C@@H](C)[C@@H](C)C/C=C(\C)C(=O)N(C)[C@H](CC(C)C)C(=O)N[C@@H](C)C(=O)N(C)[C@H](Cc1ccc(Cl)cc1)C(=O)N(C)CC(=O)NC(C(C)=O)[C@@H](C)CC. The topological polar surface area (TPSA) is 156 Å². The smallest absolute Gasteiger partial charge is 0.249 e. The second-order valence-corrected chi connectivity index (χ2v) is 16.7. The second kappa shape index (κ2) is 24.0. The number of aliphatic hydroxyl groups is 1. The van der Waals surface area contributed by atoms with E-state index in [1.54, 1.807) is 38.2 Å². The Labute approximate surface area is 346 Å². The standard InChI is InChI=1S/C44H70ClN5O7/c1-15-27(5)39(33(11)51)47-38(52)25-48(12)44(57)37(24-34-19-21-35(45)22-20-34)50(14)43(56)32(10)46-41(54)36(23-26(3)4)49(13)42(55)30(8)18-17-29(7)31(9)40(53)28(6)16-2/h16,18-22,26-27,29,31-32,36-37,39-40,53H,15,17,23-25H2,1-14H3,(H,46,54)(H,47,52)/b28-16+,30-18+/t27-,29-,31-,32-,36+,37+,39?,40+/m0/s1. The molecule has 320 valence electrons. The van der Waals surface area contributed by atoms with Gasteiger partial charge in [-0.05, 0) is 94.4 Å². The van der Waals surface area contributed by atoms with Crippen molar-refractivity contribution in [3.63, 3.8) is 0 Å². The molecule has 0 saturated carbocycles. The van der Waals surface area contributed by atoms with Crippen LogP contribution in [0.15, 0.2) is 47.6 Å². The quantitative estimate of drug-likeness (QED) is 0.102. The number of allylic oxidation sites excluding steroid dienone is 2. The highest BCUT2D eigenvalue weighted by Crippen LogP contribution is 2.25. The number of Topliss-reactive ketones (excluding diaryl/α,β-unsaturated/α-hetero) is 1. The molecule has 0 fully saturated rings. The van der Waals surface area contributed by atoms with Gasteiger partial charge < -0.3 is 30.4 Å². The number of likely N-dealkylation sites (N-methyl/N-ethyl adjacent to an activating group) is 3. The van der Waals surface area contributed by atoms with E-state index in [9.17, 15) is 33.9 Å². The molecular weight excluding hydrogens is 746 g/mol. The second-order valence-electron chi connectivity index (χ2n) is 16.3. The zero-order chi connectivity index (χ0) is 43.9. The number of rotatable bonds is 22. The Kier molecular flexibility index (Phi) is 21.5. The summed E-state index contributed by atoms with van der Waals surface area (Å²) in [5.74, 6) is -2.59. The summed E-state index contributed by atoms with van der Waals surface area (Å²) < 4.78 is 0. The van der Waals surface area contributed by atoms with Gasteiger partial charge in [0.25, 0.3) is 0 Å². The number of ketones is 1. The fraction of sp³-hybridized carbons (Fsp3) is 0.636. The van der Waals surface area contributed by atoms with E-state index in [0.717, 1.165) is 5.57 Å². The molecule has 0 aromatic heterocycles. The lowest BCUT2D eigenvalue weighted by molar-refractivity contribution is -0.147. The van der Waals surface area contributed by atoms with E-state index in [1.165, 1.54) is 42.6 Å². The molecule has 0 aliphatic rings. The number of halogens is 1. The summed E-state index contributed by atoms with van der Waals surface area (Å²) in [5, 5.41) is 16.7. The number of amides is 5. The number of nitrogens with one attached hydrogen (secondary N) is 2. The van der Waals surface area contributed by atoms with E-state index in [1.807, 2.05) is 67.5 Å². The van der Waals surface area contributed by atoms with Gasteiger partial charge in [-0.15, -0.1) is 0 Å². The van der Waals surface area contributed by atoms with Gasteiger partial charge in [0.05, 0.1) is 18.7 Å². The molecule has 3 N–H and O–H groups in total. The number of carbonyl (C=O) groups excluding carboxylic acids is 6. The first-order valence-electron chi connectivity index (χ1n) is 20.1. The van der Waals surface area contributed by atoms with Crippen LogP contribution in [0.1, 0.15) is 101 Å². The van der Waals surface area contributed by atoms with Crippen molar-refractivity contribution in [2.24, 2.45) is 23.7 Å². The number of nitrogens with zero attached hydrogens (tertiary/aromatic N) is 3. The maximum absolute atomic E-state index is 14.0. The molecule has 0 radical (unpaired) electrons. The molecular formula is C44H70ClN5O7. The Morgan fingerprint density at radius 3 is 1.91 bits per heavy atom. The number of hydrogen-bond acceptors (Lipinski definition) is 7. The zero-order valence-electron chi connectivity index (χ0n) is 36.8. The van der Waals surface area contributed by atoms with Crippen LogP contribution in [0.25, 0.3) is 0 Å². The van der Waals surface area contributed by atoms with Crippen molar-refractivity contribution in [3.05, 3.63) is 58.1 Å². The van der Waals surface area contributed by atoms with Crippen LogP contribution < -0.4 is 10.6 Å². The van der Waals surface area contributed by atoms with E-state index >= 15 is 0 Å². The van der Waals surface area contributed by atoms with E-state index < -0.39 is 53.9 Å². The molecule has 0 bridgehead atoms. The van der Waals surface area contributed by atoms with Crippen LogP contribution in [-0.4, -0.2) is 113 Å². The number of aliphatic hydroxyl groups excluding tert-OH is 1. The molecule has 12 nitrogen and oxygen atoms in total. The molecule has 0 saturated heterocycles. The van der Waals surface area contributed by atoms with Crippen LogP contribution in [0.5, 0.6) is 0 Å². The van der Waals surface area contributed by atoms with Crippen molar-refractivity contribution in [1.29, 1.82) is 0 Å². The fourth-order valence-electron chi connectivity index (χ4n) is 6.58. The molecule has 5 amide bonds. The van der Waals surface area contributed by atoms with Crippen molar-refractivity contribution in [1.82, 2.24) is 25.3 Å². The van der Waals surface area contributed by atoms with E-state index in [4.69, 9.17) is 11.6 Å². The molecule has 0 aliphatic heterocycles. The van der Waals surface area contributed by atoms with Crippen molar-refractivity contribution >= 4 is 46.9 Å². The highest BCUT2D eigenvalue weighted by Gasteiger charge is 2.35. The zero-order valence-corrected chi connectivity index (χ0v) is 37.6. The Balaban J connectivity index is 3.27. The summed E-state index contributed by atoms with van der Waals surface area (Å²) in [4.78, 5) is 84.7. The van der Waals surface area contributed by atoms with Gasteiger partial charge in [0.15, 0.2) is 5.78 Å². The number of benzene rings is 1. The Hall–Kier alpha value is -4.03. The maximum Gasteiger partial charge on any atom is 0.249 e. The summed E-state index contributed by atoms with van der Waals surface area (Å²) in [6.07, 6.45) is 4.82. The van der Waals surface area contributed by atoms with Gasteiger partial charge >= 0.3 is 0 Å². The maximum atomic E-state index is 14.0. The molecule has 0 spiro atoms.